The first-order valence-electron chi connectivity index (χ1n) is 4.26. The summed E-state index contributed by atoms with van der Waals surface area (Å²) in [6, 6.07) is 2.02. The molecule has 0 aromatic heterocycles. The van der Waals surface area contributed by atoms with Gasteiger partial charge in [-0.1, -0.05) is 0 Å². The van der Waals surface area contributed by atoms with Gasteiger partial charge in [0.1, 0.15) is 0 Å². The molecule has 3 nitrogen and oxygen atoms in total. The average Bonchev–Trinajstić information content (AvgIpc) is 2.12. The summed E-state index contributed by atoms with van der Waals surface area (Å²) in [5.74, 6) is 0.248. The van der Waals surface area contributed by atoms with Gasteiger partial charge in [0, 0.05) is 18.8 Å². The Hall–Kier alpha value is -0.750. The van der Waals surface area contributed by atoms with E-state index in [0.29, 0.717) is 25.3 Å². The molecule has 0 radical (unpaired) electrons. The zero-order chi connectivity index (χ0) is 10.3. The minimum absolute atomic E-state index is 0.0551. The summed E-state index contributed by atoms with van der Waals surface area (Å²) in [6.45, 7) is 4.13. The number of hydrogen-bond acceptors (Lipinski definition) is 2. The van der Waals surface area contributed by atoms with E-state index >= 15 is 0 Å². The Morgan fingerprint density at radius 1 is 1.62 bits per heavy atom. The van der Waals surface area contributed by atoms with Crippen molar-refractivity contribution in [2.24, 2.45) is 5.41 Å². The summed E-state index contributed by atoms with van der Waals surface area (Å²) in [7, 11) is 0. The molecule has 0 bridgehead atoms. The maximum Gasteiger partial charge on any atom is 0.226 e. The van der Waals surface area contributed by atoms with Gasteiger partial charge in [-0.25, -0.2) is 0 Å². The Morgan fingerprint density at radius 2 is 2.23 bits per heavy atom. The van der Waals surface area contributed by atoms with E-state index in [1.807, 2.05) is 6.07 Å². The monoisotopic (exact) mass is 202 g/mol. The van der Waals surface area contributed by atoms with Crippen LogP contribution < -0.4 is 5.32 Å². The van der Waals surface area contributed by atoms with Crippen LogP contribution in [0.5, 0.6) is 0 Å². The van der Waals surface area contributed by atoms with Crippen molar-refractivity contribution in [2.75, 3.05) is 12.4 Å². The lowest BCUT2D eigenvalue weighted by Crippen LogP contribution is -2.38. The first kappa shape index (κ1) is 12.2. The molecule has 13 heavy (non-hydrogen) atoms. The van der Waals surface area contributed by atoms with E-state index in [0.717, 1.165) is 0 Å². The maximum absolute atomic E-state index is 11.4. The Bertz CT molecular complexity index is 208. The largest absolute Gasteiger partial charge is 0.356 e. The van der Waals surface area contributed by atoms with Crippen LogP contribution in [0.25, 0.3) is 0 Å². The Labute approximate surface area is 84.1 Å². The summed E-state index contributed by atoms with van der Waals surface area (Å²) >= 11 is 5.61. The summed E-state index contributed by atoms with van der Waals surface area (Å²) in [6.07, 6.45) is 1.17. The summed E-state index contributed by atoms with van der Waals surface area (Å²) in [5, 5.41) is 11.0. The molecular weight excluding hydrogens is 188 g/mol. The zero-order valence-electron chi connectivity index (χ0n) is 8.06. The number of halogens is 1. The highest BCUT2D eigenvalue weighted by atomic mass is 35.5. The van der Waals surface area contributed by atoms with Gasteiger partial charge in [-0.3, -0.25) is 4.79 Å². The average molecular weight is 203 g/mol. The fraction of sp³-hybridized carbons (Fsp3) is 0.778. The van der Waals surface area contributed by atoms with Crippen LogP contribution in [0.1, 0.15) is 26.7 Å². The molecule has 0 aromatic rings. The third-order valence-electron chi connectivity index (χ3n) is 1.70. The number of rotatable bonds is 5. The highest BCUT2D eigenvalue weighted by molar-refractivity contribution is 6.19. The van der Waals surface area contributed by atoms with Gasteiger partial charge in [-0.15, -0.1) is 11.6 Å². The van der Waals surface area contributed by atoms with Crippen LogP contribution in [0.3, 0.4) is 0 Å². The number of amides is 1. The fourth-order valence-electron chi connectivity index (χ4n) is 0.669. The summed E-state index contributed by atoms with van der Waals surface area (Å²) < 4.78 is 0. The number of unbranched alkanes of at least 4 members (excludes halogenated alkanes) is 1. The molecule has 0 saturated heterocycles. The first-order chi connectivity index (χ1) is 6.04. The number of nitrogens with zero attached hydrogens (tertiary/aromatic N) is 1. The number of nitrogens with one attached hydrogen (secondary N) is 1. The van der Waals surface area contributed by atoms with Crippen molar-refractivity contribution in [3.8, 4) is 6.07 Å². The standard InChI is InChI=1S/C9H15ClN2O/c1-9(2,7-10)8(13)12-6-4-3-5-11/h3-4,6-7H2,1-2H3,(H,12,13). The molecule has 0 aliphatic rings. The van der Waals surface area contributed by atoms with Crippen LogP contribution in [-0.2, 0) is 4.79 Å². The minimum Gasteiger partial charge on any atom is -0.356 e. The highest BCUT2D eigenvalue weighted by Crippen LogP contribution is 2.16. The summed E-state index contributed by atoms with van der Waals surface area (Å²) in [5.41, 5.74) is -0.520. The van der Waals surface area contributed by atoms with Gasteiger partial charge in [0.15, 0.2) is 0 Å². The maximum atomic E-state index is 11.4. The Kier molecular flexibility index (Phi) is 5.48. The molecule has 0 saturated carbocycles. The molecule has 0 fully saturated rings. The number of nitriles is 1. The number of alkyl halides is 1. The van der Waals surface area contributed by atoms with Gasteiger partial charge in [0.25, 0.3) is 0 Å². The molecule has 74 valence electrons. The molecule has 0 rings (SSSR count). The molecule has 4 heteroatoms. The third kappa shape index (κ3) is 4.74. The van der Waals surface area contributed by atoms with E-state index in [2.05, 4.69) is 5.32 Å². The molecule has 0 unspecified atom stereocenters. The second-order valence-corrected chi connectivity index (χ2v) is 3.80. The van der Waals surface area contributed by atoms with Gasteiger partial charge < -0.3 is 5.32 Å². The second-order valence-electron chi connectivity index (χ2n) is 3.54. The van der Waals surface area contributed by atoms with Crippen molar-refractivity contribution in [1.82, 2.24) is 5.32 Å². The number of carbonyl (C=O) groups is 1. The van der Waals surface area contributed by atoms with Crippen molar-refractivity contribution < 1.29 is 4.79 Å². The normalized spacial score (nSPS) is 10.6. The van der Waals surface area contributed by atoms with E-state index in [1.165, 1.54) is 0 Å². The SMILES string of the molecule is CC(C)(CCl)C(=O)NCCCC#N. The number of carbonyl (C=O) groups excluding carboxylic acids is 1. The molecule has 0 heterocycles. The van der Waals surface area contributed by atoms with E-state index in [-0.39, 0.29) is 5.91 Å². The molecule has 0 atom stereocenters. The van der Waals surface area contributed by atoms with Crippen LogP contribution in [0.15, 0.2) is 0 Å². The van der Waals surface area contributed by atoms with Crippen LogP contribution in [0.4, 0.5) is 0 Å². The summed E-state index contributed by atoms with van der Waals surface area (Å²) in [4.78, 5) is 11.4. The minimum atomic E-state index is -0.520. The van der Waals surface area contributed by atoms with Gasteiger partial charge in [-0.2, -0.15) is 5.26 Å². The van der Waals surface area contributed by atoms with Crippen molar-refractivity contribution in [2.45, 2.75) is 26.7 Å². The van der Waals surface area contributed by atoms with Gasteiger partial charge in [-0.05, 0) is 20.3 Å². The quantitative estimate of drug-likeness (QED) is 0.545. The van der Waals surface area contributed by atoms with Crippen LogP contribution in [-0.4, -0.2) is 18.3 Å². The van der Waals surface area contributed by atoms with Crippen molar-refractivity contribution in [3.05, 3.63) is 0 Å². The van der Waals surface area contributed by atoms with Crippen molar-refractivity contribution in [3.63, 3.8) is 0 Å². The smallest absolute Gasteiger partial charge is 0.226 e. The fourth-order valence-corrected chi connectivity index (χ4v) is 0.791. The second kappa shape index (κ2) is 5.82. The predicted molar refractivity (Wildman–Crippen MR) is 52.4 cm³/mol. The van der Waals surface area contributed by atoms with Crippen molar-refractivity contribution in [1.29, 1.82) is 5.26 Å². The van der Waals surface area contributed by atoms with E-state index in [9.17, 15) is 4.79 Å². The highest BCUT2D eigenvalue weighted by Gasteiger charge is 2.25. The molecular formula is C9H15ClN2O. The Morgan fingerprint density at radius 3 is 2.69 bits per heavy atom. The van der Waals surface area contributed by atoms with Crippen LogP contribution in [0.2, 0.25) is 0 Å². The van der Waals surface area contributed by atoms with Gasteiger partial charge in [0.05, 0.1) is 11.5 Å². The Balaban J connectivity index is 3.70. The first-order valence-corrected chi connectivity index (χ1v) is 4.79. The van der Waals surface area contributed by atoms with E-state index in [1.54, 1.807) is 13.8 Å². The molecule has 0 aromatic carbocycles. The van der Waals surface area contributed by atoms with Gasteiger partial charge in [0.2, 0.25) is 5.91 Å². The molecule has 0 aliphatic heterocycles. The lowest BCUT2D eigenvalue weighted by molar-refractivity contribution is -0.128. The van der Waals surface area contributed by atoms with Crippen LogP contribution >= 0.6 is 11.6 Å². The number of hydrogen-bond donors (Lipinski definition) is 1. The van der Waals surface area contributed by atoms with E-state index in [4.69, 9.17) is 16.9 Å². The molecule has 1 amide bonds. The zero-order valence-corrected chi connectivity index (χ0v) is 8.82. The van der Waals surface area contributed by atoms with E-state index < -0.39 is 5.41 Å². The third-order valence-corrected chi connectivity index (χ3v) is 2.37. The van der Waals surface area contributed by atoms with Crippen molar-refractivity contribution >= 4 is 17.5 Å². The molecule has 0 aliphatic carbocycles. The predicted octanol–water partition coefficient (Wildman–Crippen LogP) is 1.67. The van der Waals surface area contributed by atoms with Gasteiger partial charge >= 0.3 is 0 Å². The lowest BCUT2D eigenvalue weighted by Gasteiger charge is -2.19. The molecule has 1 N–H and O–H groups in total. The van der Waals surface area contributed by atoms with Crippen LogP contribution in [0, 0.1) is 16.7 Å². The molecule has 0 spiro atoms. The topological polar surface area (TPSA) is 52.9 Å². The lowest BCUT2D eigenvalue weighted by atomic mass is 9.95.